The van der Waals surface area contributed by atoms with Gasteiger partial charge in [0.05, 0.1) is 13.8 Å². The van der Waals surface area contributed by atoms with Gasteiger partial charge in [0.2, 0.25) is 0 Å². The van der Waals surface area contributed by atoms with Crippen LogP contribution in [0.15, 0.2) is 0 Å². The number of esters is 1. The van der Waals surface area contributed by atoms with Gasteiger partial charge < -0.3 is 9.64 Å². The zero-order valence-electron chi connectivity index (χ0n) is 8.38. The number of alkyl halides is 1. The van der Waals surface area contributed by atoms with Crippen molar-refractivity contribution in [3.63, 3.8) is 0 Å². The van der Waals surface area contributed by atoms with E-state index in [0.29, 0.717) is 12.8 Å². The predicted molar refractivity (Wildman–Crippen MR) is 49.3 cm³/mol. The highest BCUT2D eigenvalue weighted by Gasteiger charge is 2.02. The van der Waals surface area contributed by atoms with E-state index in [1.807, 2.05) is 11.9 Å². The highest BCUT2D eigenvalue weighted by Crippen LogP contribution is 1.96. The number of hydrogen-bond acceptors (Lipinski definition) is 3. The summed E-state index contributed by atoms with van der Waals surface area (Å²) in [6, 6.07) is 0. The molecule has 0 radical (unpaired) electrons. The van der Waals surface area contributed by atoms with E-state index in [1.165, 1.54) is 7.11 Å². The van der Waals surface area contributed by atoms with Crippen LogP contribution in [0.3, 0.4) is 0 Å². The zero-order valence-corrected chi connectivity index (χ0v) is 8.38. The number of carbonyl (C=O) groups is 1. The first kappa shape index (κ1) is 12.4. The minimum Gasteiger partial charge on any atom is -0.469 e. The van der Waals surface area contributed by atoms with E-state index >= 15 is 0 Å². The number of carbonyl (C=O) groups excluding carboxylic acids is 1. The first-order valence-corrected chi connectivity index (χ1v) is 4.52. The average Bonchev–Trinajstić information content (AvgIpc) is 2.14. The summed E-state index contributed by atoms with van der Waals surface area (Å²) in [6.07, 6.45) is 1.78. The number of nitrogens with zero attached hydrogens (tertiary/aromatic N) is 1. The van der Waals surface area contributed by atoms with Crippen molar-refractivity contribution in [2.75, 3.05) is 33.9 Å². The topological polar surface area (TPSA) is 29.5 Å². The molecule has 0 spiro atoms. The van der Waals surface area contributed by atoms with Crippen molar-refractivity contribution >= 4 is 5.97 Å². The molecule has 0 rings (SSSR count). The smallest absolute Gasteiger partial charge is 0.305 e. The third-order valence-corrected chi connectivity index (χ3v) is 1.82. The second-order valence-electron chi connectivity index (χ2n) is 3.03. The number of halogens is 1. The summed E-state index contributed by atoms with van der Waals surface area (Å²) in [7, 11) is 3.31. The molecule has 78 valence electrons. The molecule has 4 heteroatoms. The molecule has 0 amide bonds. The SMILES string of the molecule is COC(=O)CCCN(C)CCCF. The van der Waals surface area contributed by atoms with Crippen LogP contribution in [0, 0.1) is 0 Å². The van der Waals surface area contributed by atoms with Gasteiger partial charge in [0.15, 0.2) is 0 Å². The largest absolute Gasteiger partial charge is 0.469 e. The lowest BCUT2D eigenvalue weighted by molar-refractivity contribution is -0.140. The fourth-order valence-corrected chi connectivity index (χ4v) is 1.04. The Morgan fingerprint density at radius 2 is 2.00 bits per heavy atom. The van der Waals surface area contributed by atoms with Crippen LogP contribution in [-0.2, 0) is 9.53 Å². The maximum atomic E-state index is 11.8. The Kier molecular flexibility index (Phi) is 7.59. The van der Waals surface area contributed by atoms with Crippen LogP contribution >= 0.6 is 0 Å². The summed E-state index contributed by atoms with van der Waals surface area (Å²) in [5, 5.41) is 0. The summed E-state index contributed by atoms with van der Waals surface area (Å²) in [5.41, 5.74) is 0. The molecule has 0 aromatic heterocycles. The number of methoxy groups -OCH3 is 1. The first-order valence-electron chi connectivity index (χ1n) is 4.52. The Labute approximate surface area is 78.9 Å². The fourth-order valence-electron chi connectivity index (χ4n) is 1.04. The molecule has 0 aliphatic carbocycles. The van der Waals surface area contributed by atoms with Gasteiger partial charge in [0, 0.05) is 13.0 Å². The Balaban J connectivity index is 3.26. The molecule has 0 N–H and O–H groups in total. The Hall–Kier alpha value is -0.640. The summed E-state index contributed by atoms with van der Waals surface area (Å²) in [5.74, 6) is -0.182. The van der Waals surface area contributed by atoms with Crippen molar-refractivity contribution < 1.29 is 13.9 Å². The van der Waals surface area contributed by atoms with Crippen molar-refractivity contribution in [2.24, 2.45) is 0 Å². The highest BCUT2D eigenvalue weighted by atomic mass is 19.1. The highest BCUT2D eigenvalue weighted by molar-refractivity contribution is 5.68. The maximum absolute atomic E-state index is 11.8. The third-order valence-electron chi connectivity index (χ3n) is 1.82. The summed E-state index contributed by atoms with van der Waals surface area (Å²) in [6.45, 7) is 1.29. The summed E-state index contributed by atoms with van der Waals surface area (Å²) >= 11 is 0. The van der Waals surface area contributed by atoms with Gasteiger partial charge >= 0.3 is 5.97 Å². The lowest BCUT2D eigenvalue weighted by Crippen LogP contribution is -2.22. The first-order chi connectivity index (χ1) is 6.20. The van der Waals surface area contributed by atoms with Crippen molar-refractivity contribution in [1.82, 2.24) is 4.90 Å². The molecule has 3 nitrogen and oxygen atoms in total. The minimum absolute atomic E-state index is 0.182. The van der Waals surface area contributed by atoms with Gasteiger partial charge in [-0.3, -0.25) is 9.18 Å². The lowest BCUT2D eigenvalue weighted by atomic mass is 10.3. The maximum Gasteiger partial charge on any atom is 0.305 e. The van der Waals surface area contributed by atoms with Gasteiger partial charge in [0.1, 0.15) is 0 Å². The molecule has 0 fully saturated rings. The third kappa shape index (κ3) is 7.71. The van der Waals surface area contributed by atoms with Gasteiger partial charge in [-0.1, -0.05) is 0 Å². The molecule has 0 aromatic carbocycles. The molecule has 0 aliphatic rings. The quantitative estimate of drug-likeness (QED) is 0.567. The second kappa shape index (κ2) is 7.98. The van der Waals surface area contributed by atoms with Crippen molar-refractivity contribution in [2.45, 2.75) is 19.3 Å². The van der Waals surface area contributed by atoms with Gasteiger partial charge in [-0.25, -0.2) is 0 Å². The van der Waals surface area contributed by atoms with E-state index in [4.69, 9.17) is 0 Å². The molecule has 0 saturated carbocycles. The normalized spacial score (nSPS) is 10.5. The second-order valence-corrected chi connectivity index (χ2v) is 3.03. The van der Waals surface area contributed by atoms with Crippen LogP contribution < -0.4 is 0 Å². The van der Waals surface area contributed by atoms with E-state index < -0.39 is 0 Å². The van der Waals surface area contributed by atoms with Crippen LogP contribution in [0.2, 0.25) is 0 Å². The fraction of sp³-hybridized carbons (Fsp3) is 0.889. The molecular weight excluding hydrogens is 173 g/mol. The Bertz CT molecular complexity index is 142. The van der Waals surface area contributed by atoms with Crippen LogP contribution in [0.1, 0.15) is 19.3 Å². The molecule has 0 aliphatic heterocycles. The van der Waals surface area contributed by atoms with E-state index in [1.54, 1.807) is 0 Å². The van der Waals surface area contributed by atoms with Gasteiger partial charge in [-0.15, -0.1) is 0 Å². The predicted octanol–water partition coefficient (Wildman–Crippen LogP) is 1.23. The number of hydrogen-bond donors (Lipinski definition) is 0. The van der Waals surface area contributed by atoms with Crippen LogP contribution in [-0.4, -0.2) is 44.8 Å². The molecule has 0 unspecified atom stereocenters. The van der Waals surface area contributed by atoms with Crippen molar-refractivity contribution in [3.05, 3.63) is 0 Å². The van der Waals surface area contributed by atoms with Crippen molar-refractivity contribution in [1.29, 1.82) is 0 Å². The van der Waals surface area contributed by atoms with Crippen LogP contribution in [0.4, 0.5) is 4.39 Å². The molecule has 0 aromatic rings. The molecule has 0 bridgehead atoms. The Morgan fingerprint density at radius 1 is 1.38 bits per heavy atom. The van der Waals surface area contributed by atoms with E-state index in [-0.39, 0.29) is 12.6 Å². The van der Waals surface area contributed by atoms with Crippen molar-refractivity contribution in [3.8, 4) is 0 Å². The standard InChI is InChI=1S/C9H18FNO2/c1-11(8-4-6-10)7-3-5-9(12)13-2/h3-8H2,1-2H3. The van der Waals surface area contributed by atoms with Gasteiger partial charge in [0.25, 0.3) is 0 Å². The summed E-state index contributed by atoms with van der Waals surface area (Å²) < 4.78 is 16.3. The molecule has 13 heavy (non-hydrogen) atoms. The molecule has 0 atom stereocenters. The number of rotatable bonds is 7. The lowest BCUT2D eigenvalue weighted by Gasteiger charge is -2.14. The average molecular weight is 191 g/mol. The number of ether oxygens (including phenoxy) is 1. The molecule has 0 saturated heterocycles. The van der Waals surface area contributed by atoms with E-state index in [2.05, 4.69) is 4.74 Å². The monoisotopic (exact) mass is 191 g/mol. The molecular formula is C9H18FNO2. The minimum atomic E-state index is -0.276. The van der Waals surface area contributed by atoms with Crippen LogP contribution in [0.5, 0.6) is 0 Å². The van der Waals surface area contributed by atoms with E-state index in [9.17, 15) is 9.18 Å². The van der Waals surface area contributed by atoms with Crippen LogP contribution in [0.25, 0.3) is 0 Å². The zero-order chi connectivity index (χ0) is 10.1. The van der Waals surface area contributed by atoms with Gasteiger partial charge in [-0.05, 0) is 26.4 Å². The molecule has 0 heterocycles. The van der Waals surface area contributed by atoms with E-state index in [0.717, 1.165) is 19.5 Å². The van der Waals surface area contributed by atoms with Gasteiger partial charge in [-0.2, -0.15) is 0 Å². The Morgan fingerprint density at radius 3 is 2.54 bits per heavy atom. The summed E-state index contributed by atoms with van der Waals surface area (Å²) in [4.78, 5) is 12.7.